The van der Waals surface area contributed by atoms with E-state index in [1.807, 2.05) is 30.5 Å². The minimum absolute atomic E-state index is 0.163. The number of rotatable bonds is 11. The van der Waals surface area contributed by atoms with Crippen molar-refractivity contribution in [2.24, 2.45) is 0 Å². The molecule has 10 nitrogen and oxygen atoms in total. The minimum Gasteiger partial charge on any atom is -0.480 e. The molecule has 1 aromatic carbocycles. The molecule has 3 aromatic rings. The number of carboxylic acids is 1. The normalized spacial score (nSPS) is 12.1. The zero-order valence-electron chi connectivity index (χ0n) is 17.1. The maximum absolute atomic E-state index is 12.6. The first-order valence-electron chi connectivity index (χ1n) is 9.80. The third-order valence-corrected chi connectivity index (χ3v) is 4.89. The van der Waals surface area contributed by atoms with Gasteiger partial charge >= 0.3 is 11.9 Å². The number of ether oxygens (including phenoxy) is 1. The summed E-state index contributed by atoms with van der Waals surface area (Å²) in [6.07, 6.45) is 5.72. The van der Waals surface area contributed by atoms with Crippen molar-refractivity contribution in [1.82, 2.24) is 25.2 Å². The van der Waals surface area contributed by atoms with Gasteiger partial charge in [0.15, 0.2) is 0 Å². The standard InChI is InChI=1S/C21H25N5O5/c1-31-21(30)18(8-15-10-22-13-24-15)25-19(27)11-26(12-20(28)29)7-6-14-9-23-17-5-3-2-4-16(14)17/h2-5,9-10,13,18,23H,6-8,11-12H2,1H3,(H,22,24)(H,25,27)(H,28,29). The summed E-state index contributed by atoms with van der Waals surface area (Å²) in [6.45, 7) is -0.0927. The fourth-order valence-corrected chi connectivity index (χ4v) is 3.41. The van der Waals surface area contributed by atoms with Crippen LogP contribution in [0.4, 0.5) is 0 Å². The lowest BCUT2D eigenvalue weighted by molar-refractivity contribution is -0.145. The topological polar surface area (TPSA) is 140 Å². The molecule has 0 spiro atoms. The Morgan fingerprint density at radius 1 is 1.23 bits per heavy atom. The molecule has 31 heavy (non-hydrogen) atoms. The lowest BCUT2D eigenvalue weighted by Gasteiger charge is -2.21. The molecule has 0 fully saturated rings. The molecule has 0 saturated heterocycles. The van der Waals surface area contributed by atoms with Crippen molar-refractivity contribution in [3.05, 3.63) is 54.2 Å². The largest absolute Gasteiger partial charge is 0.480 e. The fourth-order valence-electron chi connectivity index (χ4n) is 3.41. The van der Waals surface area contributed by atoms with Crippen LogP contribution in [-0.4, -0.2) is 75.6 Å². The number of amides is 1. The number of methoxy groups -OCH3 is 1. The second kappa shape index (κ2) is 10.4. The number of carbonyl (C=O) groups is 3. The lowest BCUT2D eigenvalue weighted by Crippen LogP contribution is -2.48. The molecule has 3 rings (SSSR count). The molecule has 1 atom stereocenters. The molecule has 164 valence electrons. The smallest absolute Gasteiger partial charge is 0.328 e. The van der Waals surface area contributed by atoms with E-state index in [4.69, 9.17) is 4.74 Å². The van der Waals surface area contributed by atoms with Crippen LogP contribution < -0.4 is 5.32 Å². The van der Waals surface area contributed by atoms with E-state index < -0.39 is 23.9 Å². The van der Waals surface area contributed by atoms with Crippen molar-refractivity contribution in [2.45, 2.75) is 18.9 Å². The number of H-pyrrole nitrogens is 2. The van der Waals surface area contributed by atoms with E-state index in [0.717, 1.165) is 16.5 Å². The number of esters is 1. The summed E-state index contributed by atoms with van der Waals surface area (Å²) in [5.41, 5.74) is 2.63. The van der Waals surface area contributed by atoms with Gasteiger partial charge in [-0.1, -0.05) is 18.2 Å². The van der Waals surface area contributed by atoms with E-state index in [-0.39, 0.29) is 19.5 Å². The van der Waals surface area contributed by atoms with Gasteiger partial charge in [-0.15, -0.1) is 0 Å². The SMILES string of the molecule is COC(=O)C(Cc1c[nH]cn1)NC(=O)CN(CCc1c[nH]c2ccccc12)CC(=O)O. The molecular formula is C21H25N5O5. The number of hydrogen-bond acceptors (Lipinski definition) is 6. The molecule has 0 radical (unpaired) electrons. The highest BCUT2D eigenvalue weighted by Crippen LogP contribution is 2.18. The number of para-hydroxylation sites is 1. The average Bonchev–Trinajstić information content (AvgIpc) is 3.40. The van der Waals surface area contributed by atoms with E-state index in [1.54, 1.807) is 6.20 Å². The number of aliphatic carboxylic acids is 1. The van der Waals surface area contributed by atoms with Gasteiger partial charge in [-0.25, -0.2) is 9.78 Å². The molecule has 0 aliphatic carbocycles. The lowest BCUT2D eigenvalue weighted by atomic mass is 10.1. The summed E-state index contributed by atoms with van der Waals surface area (Å²) in [4.78, 5) is 47.5. The highest BCUT2D eigenvalue weighted by molar-refractivity contribution is 5.86. The molecule has 0 aliphatic rings. The first-order chi connectivity index (χ1) is 15.0. The minimum atomic E-state index is -1.03. The Hall–Kier alpha value is -3.66. The summed E-state index contributed by atoms with van der Waals surface area (Å²) < 4.78 is 4.77. The number of carboxylic acid groups (broad SMARTS) is 1. The molecule has 2 aromatic heterocycles. The number of nitrogens with zero attached hydrogens (tertiary/aromatic N) is 2. The van der Waals surface area contributed by atoms with Gasteiger partial charge in [0.1, 0.15) is 6.04 Å². The van der Waals surface area contributed by atoms with E-state index in [0.29, 0.717) is 18.7 Å². The van der Waals surface area contributed by atoms with E-state index in [2.05, 4.69) is 20.3 Å². The van der Waals surface area contributed by atoms with Gasteiger partial charge in [-0.2, -0.15) is 0 Å². The van der Waals surface area contributed by atoms with E-state index in [9.17, 15) is 19.5 Å². The van der Waals surface area contributed by atoms with Gasteiger partial charge in [-0.3, -0.25) is 14.5 Å². The predicted octanol–water partition coefficient (Wildman–Crippen LogP) is 0.721. The number of hydrogen-bond donors (Lipinski definition) is 4. The first kappa shape index (κ1) is 22.0. The molecule has 4 N–H and O–H groups in total. The van der Waals surface area contributed by atoms with Gasteiger partial charge < -0.3 is 25.1 Å². The van der Waals surface area contributed by atoms with E-state index in [1.165, 1.54) is 18.3 Å². The van der Waals surface area contributed by atoms with E-state index >= 15 is 0 Å². The van der Waals surface area contributed by atoms with Crippen molar-refractivity contribution in [3.63, 3.8) is 0 Å². The number of imidazole rings is 1. The number of benzene rings is 1. The highest BCUT2D eigenvalue weighted by Gasteiger charge is 2.24. The van der Waals surface area contributed by atoms with Gasteiger partial charge in [0.05, 0.1) is 32.2 Å². The number of aromatic amines is 2. The summed E-state index contributed by atoms with van der Waals surface area (Å²) in [5.74, 6) is -2.10. The summed E-state index contributed by atoms with van der Waals surface area (Å²) >= 11 is 0. The molecule has 0 bridgehead atoms. The molecule has 0 aliphatic heterocycles. The monoisotopic (exact) mass is 427 g/mol. The maximum Gasteiger partial charge on any atom is 0.328 e. The maximum atomic E-state index is 12.6. The van der Waals surface area contributed by atoms with Crippen LogP contribution in [-0.2, 0) is 32.0 Å². The number of carbonyl (C=O) groups excluding carboxylic acids is 2. The molecule has 0 saturated carbocycles. The van der Waals surface area contributed by atoms with Crippen molar-refractivity contribution in [2.75, 3.05) is 26.7 Å². The van der Waals surface area contributed by atoms with Crippen LogP contribution >= 0.6 is 0 Å². The number of fused-ring (bicyclic) bond motifs is 1. The summed E-state index contributed by atoms with van der Waals surface area (Å²) in [5, 5.41) is 12.9. The molecular weight excluding hydrogens is 402 g/mol. The van der Waals surface area contributed by atoms with Crippen LogP contribution in [0, 0.1) is 0 Å². The van der Waals surface area contributed by atoms with Crippen LogP contribution in [0.25, 0.3) is 10.9 Å². The Bertz CT molecular complexity index is 1030. The second-order valence-corrected chi connectivity index (χ2v) is 7.12. The summed E-state index contributed by atoms with van der Waals surface area (Å²) in [7, 11) is 1.24. The van der Waals surface area contributed by atoms with Gasteiger partial charge in [0.2, 0.25) is 5.91 Å². The van der Waals surface area contributed by atoms with Gasteiger partial charge in [0, 0.05) is 36.3 Å². The van der Waals surface area contributed by atoms with Crippen molar-refractivity contribution >= 4 is 28.7 Å². The Balaban J connectivity index is 1.62. The van der Waals surface area contributed by atoms with Crippen LogP contribution in [0.5, 0.6) is 0 Å². The fraction of sp³-hybridized carbons (Fsp3) is 0.333. The van der Waals surface area contributed by atoms with Crippen LogP contribution in [0.2, 0.25) is 0 Å². The second-order valence-electron chi connectivity index (χ2n) is 7.12. The van der Waals surface area contributed by atoms with Crippen molar-refractivity contribution in [3.8, 4) is 0 Å². The van der Waals surface area contributed by atoms with Crippen molar-refractivity contribution < 1.29 is 24.2 Å². The molecule has 1 unspecified atom stereocenters. The molecule has 2 heterocycles. The Morgan fingerprint density at radius 3 is 2.74 bits per heavy atom. The Kier molecular flexibility index (Phi) is 7.39. The van der Waals surface area contributed by atoms with Crippen LogP contribution in [0.3, 0.4) is 0 Å². The number of nitrogens with one attached hydrogen (secondary N) is 3. The van der Waals surface area contributed by atoms with Gasteiger partial charge in [0.25, 0.3) is 0 Å². The average molecular weight is 427 g/mol. The Labute approximate surface area is 178 Å². The molecule has 1 amide bonds. The van der Waals surface area contributed by atoms with Gasteiger partial charge in [-0.05, 0) is 18.1 Å². The van der Waals surface area contributed by atoms with Crippen molar-refractivity contribution in [1.29, 1.82) is 0 Å². The zero-order chi connectivity index (χ0) is 22.2. The predicted molar refractivity (Wildman–Crippen MR) is 112 cm³/mol. The highest BCUT2D eigenvalue weighted by atomic mass is 16.5. The summed E-state index contributed by atoms with van der Waals surface area (Å²) in [6, 6.07) is 6.92. The molecule has 10 heteroatoms. The van der Waals surface area contributed by atoms with Crippen LogP contribution in [0.1, 0.15) is 11.3 Å². The van der Waals surface area contributed by atoms with Crippen LogP contribution in [0.15, 0.2) is 43.0 Å². The first-order valence-corrected chi connectivity index (χ1v) is 9.80. The third-order valence-electron chi connectivity index (χ3n) is 4.89. The Morgan fingerprint density at radius 2 is 2.03 bits per heavy atom. The quantitative estimate of drug-likeness (QED) is 0.331. The third kappa shape index (κ3) is 6.16. The number of aromatic nitrogens is 3. The zero-order valence-corrected chi connectivity index (χ0v) is 17.1.